The molecule has 1 amide bonds. The first-order valence-electron chi connectivity index (χ1n) is 11.0. The molecule has 12 nitrogen and oxygen atoms in total. The standard InChI is InChI=1S/C23H24N4O8S2/c1-14(28)27-37(32,33)15-7-8-18-17(11-15)22(26-19-6-4-3-5-16(19)23(29)34-2)20(12-25-18)36(30,31)21-13-24-9-10-35-21/h3-8,11-12,21,24H,9-10,13H2,1-2H3,(H,25,26)(H,27,28). The number of amides is 1. The maximum Gasteiger partial charge on any atom is 0.339 e. The highest BCUT2D eigenvalue weighted by molar-refractivity contribution is 7.92. The third-order valence-corrected chi connectivity index (χ3v) is 8.88. The molecule has 0 saturated carbocycles. The van der Waals surface area contributed by atoms with Crippen molar-refractivity contribution in [3.8, 4) is 0 Å². The lowest BCUT2D eigenvalue weighted by Gasteiger charge is -2.25. The summed E-state index contributed by atoms with van der Waals surface area (Å²) in [6.07, 6.45) is 1.15. The molecule has 1 unspecified atom stereocenters. The van der Waals surface area contributed by atoms with Crippen LogP contribution in [0.3, 0.4) is 0 Å². The fourth-order valence-corrected chi connectivity index (χ4v) is 6.37. The number of fused-ring (bicyclic) bond motifs is 1. The molecule has 3 aromatic rings. The maximum absolute atomic E-state index is 13.6. The first-order chi connectivity index (χ1) is 17.5. The third kappa shape index (κ3) is 5.41. The summed E-state index contributed by atoms with van der Waals surface area (Å²) in [5.74, 6) is -1.46. The van der Waals surface area contributed by atoms with Gasteiger partial charge in [-0.25, -0.2) is 26.4 Å². The number of hydrogen-bond acceptors (Lipinski definition) is 11. The molecule has 0 aliphatic carbocycles. The average molecular weight is 549 g/mol. The number of sulfone groups is 1. The summed E-state index contributed by atoms with van der Waals surface area (Å²) >= 11 is 0. The molecular formula is C23H24N4O8S2. The van der Waals surface area contributed by atoms with E-state index in [0.29, 0.717) is 6.54 Å². The van der Waals surface area contributed by atoms with E-state index in [1.807, 2.05) is 4.72 Å². The second-order valence-electron chi connectivity index (χ2n) is 8.05. The van der Waals surface area contributed by atoms with Gasteiger partial charge >= 0.3 is 5.97 Å². The van der Waals surface area contributed by atoms with E-state index in [0.717, 1.165) is 13.1 Å². The van der Waals surface area contributed by atoms with Crippen molar-refractivity contribution in [2.75, 3.05) is 32.1 Å². The Kier molecular flexibility index (Phi) is 7.45. The van der Waals surface area contributed by atoms with Crippen LogP contribution in [-0.2, 0) is 34.1 Å². The van der Waals surface area contributed by atoms with E-state index in [1.165, 1.54) is 31.4 Å². The number of para-hydroxylation sites is 1. The number of sulfonamides is 1. The minimum Gasteiger partial charge on any atom is -0.465 e. The van der Waals surface area contributed by atoms with E-state index in [1.54, 1.807) is 18.2 Å². The number of pyridine rings is 1. The summed E-state index contributed by atoms with van der Waals surface area (Å²) in [5.41, 5.74) is -0.632. The predicted octanol–water partition coefficient (Wildman–Crippen LogP) is 1.31. The Labute approximate surface area is 213 Å². The Morgan fingerprint density at radius 1 is 1.14 bits per heavy atom. The minimum absolute atomic E-state index is 0.0181. The predicted molar refractivity (Wildman–Crippen MR) is 134 cm³/mol. The Hall–Kier alpha value is -3.59. The van der Waals surface area contributed by atoms with Gasteiger partial charge in [0.2, 0.25) is 15.7 Å². The van der Waals surface area contributed by atoms with Crippen LogP contribution in [-0.4, -0.2) is 65.9 Å². The van der Waals surface area contributed by atoms with E-state index in [-0.39, 0.29) is 50.8 Å². The highest BCUT2D eigenvalue weighted by Gasteiger charge is 2.34. The summed E-state index contributed by atoms with van der Waals surface area (Å²) in [6.45, 7) is 1.76. The molecule has 1 saturated heterocycles. The van der Waals surface area contributed by atoms with E-state index in [9.17, 15) is 26.4 Å². The van der Waals surface area contributed by atoms with Gasteiger partial charge in [0, 0.05) is 31.6 Å². The Bertz CT molecular complexity index is 1580. The maximum atomic E-state index is 13.6. The summed E-state index contributed by atoms with van der Waals surface area (Å²) in [7, 11) is -7.19. The van der Waals surface area contributed by atoms with Crippen LogP contribution in [0.25, 0.3) is 10.9 Å². The molecule has 1 aliphatic rings. The molecule has 1 atom stereocenters. The van der Waals surface area contributed by atoms with Crippen molar-refractivity contribution in [3.05, 3.63) is 54.2 Å². The first kappa shape index (κ1) is 26.5. The number of methoxy groups -OCH3 is 1. The molecule has 196 valence electrons. The molecule has 2 heterocycles. The van der Waals surface area contributed by atoms with E-state index in [2.05, 4.69) is 15.6 Å². The quantitative estimate of drug-likeness (QED) is 0.364. The zero-order chi connectivity index (χ0) is 26.8. The van der Waals surface area contributed by atoms with Crippen LogP contribution >= 0.6 is 0 Å². The number of carbonyl (C=O) groups is 2. The number of ether oxygens (including phenoxy) is 2. The zero-order valence-corrected chi connectivity index (χ0v) is 21.5. The van der Waals surface area contributed by atoms with E-state index < -0.39 is 37.2 Å². The van der Waals surface area contributed by atoms with Crippen molar-refractivity contribution in [2.45, 2.75) is 22.2 Å². The van der Waals surface area contributed by atoms with Crippen molar-refractivity contribution in [3.63, 3.8) is 0 Å². The van der Waals surface area contributed by atoms with Crippen LogP contribution in [0, 0.1) is 0 Å². The van der Waals surface area contributed by atoms with Crippen LogP contribution in [0.1, 0.15) is 17.3 Å². The van der Waals surface area contributed by atoms with Gasteiger partial charge in [-0.05, 0) is 30.3 Å². The number of anilines is 2. The smallest absolute Gasteiger partial charge is 0.339 e. The molecule has 37 heavy (non-hydrogen) atoms. The molecule has 0 radical (unpaired) electrons. The van der Waals surface area contributed by atoms with Gasteiger partial charge in [-0.3, -0.25) is 9.78 Å². The minimum atomic E-state index is -4.25. The van der Waals surface area contributed by atoms with E-state index >= 15 is 0 Å². The number of rotatable bonds is 7. The lowest BCUT2D eigenvalue weighted by Crippen LogP contribution is -2.43. The van der Waals surface area contributed by atoms with Gasteiger partial charge in [0.25, 0.3) is 10.0 Å². The number of morpholine rings is 1. The largest absolute Gasteiger partial charge is 0.465 e. The summed E-state index contributed by atoms with van der Waals surface area (Å²) in [5, 5.41) is 6.08. The van der Waals surface area contributed by atoms with Gasteiger partial charge in [-0.15, -0.1) is 0 Å². The molecule has 4 rings (SSSR count). The van der Waals surface area contributed by atoms with Crippen molar-refractivity contribution >= 4 is 54.0 Å². The zero-order valence-electron chi connectivity index (χ0n) is 19.8. The Morgan fingerprint density at radius 3 is 2.57 bits per heavy atom. The molecule has 1 aliphatic heterocycles. The van der Waals surface area contributed by atoms with Gasteiger partial charge in [0.1, 0.15) is 4.90 Å². The molecule has 2 aromatic carbocycles. The molecular weight excluding hydrogens is 524 g/mol. The van der Waals surface area contributed by atoms with Gasteiger partial charge in [-0.1, -0.05) is 12.1 Å². The SMILES string of the molecule is COC(=O)c1ccccc1Nc1c(S(=O)(=O)C2CNCCO2)cnc2ccc(S(=O)(=O)NC(C)=O)cc12. The second kappa shape index (κ2) is 10.4. The lowest BCUT2D eigenvalue weighted by atomic mass is 10.1. The van der Waals surface area contributed by atoms with Gasteiger partial charge in [-0.2, -0.15) is 0 Å². The summed E-state index contributed by atoms with van der Waals surface area (Å²) < 4.78 is 64.9. The van der Waals surface area contributed by atoms with Crippen molar-refractivity contribution < 1.29 is 35.9 Å². The van der Waals surface area contributed by atoms with Gasteiger partial charge in [0.15, 0.2) is 5.44 Å². The fraction of sp³-hybridized carbons (Fsp3) is 0.261. The van der Waals surface area contributed by atoms with Gasteiger partial charge in [0.05, 0.1) is 41.1 Å². The lowest BCUT2D eigenvalue weighted by molar-refractivity contribution is -0.117. The number of benzene rings is 2. The molecule has 1 aromatic heterocycles. The second-order valence-corrected chi connectivity index (χ2v) is 11.8. The molecule has 1 fully saturated rings. The molecule has 3 N–H and O–H groups in total. The van der Waals surface area contributed by atoms with Crippen molar-refractivity contribution in [1.29, 1.82) is 0 Å². The van der Waals surface area contributed by atoms with Crippen LogP contribution in [0.15, 0.2) is 58.5 Å². The van der Waals surface area contributed by atoms with Gasteiger partial charge < -0.3 is 20.1 Å². The number of hydrogen-bond donors (Lipinski definition) is 3. The van der Waals surface area contributed by atoms with Crippen LogP contribution in [0.5, 0.6) is 0 Å². The number of esters is 1. The van der Waals surface area contributed by atoms with Crippen molar-refractivity contribution in [2.24, 2.45) is 0 Å². The normalized spacial score (nSPS) is 16.2. The van der Waals surface area contributed by atoms with Crippen LogP contribution in [0.4, 0.5) is 11.4 Å². The van der Waals surface area contributed by atoms with Crippen LogP contribution in [0.2, 0.25) is 0 Å². The molecule has 0 bridgehead atoms. The van der Waals surface area contributed by atoms with E-state index in [4.69, 9.17) is 9.47 Å². The Morgan fingerprint density at radius 2 is 1.89 bits per heavy atom. The average Bonchev–Trinajstić information content (AvgIpc) is 2.88. The van der Waals surface area contributed by atoms with Crippen molar-refractivity contribution in [1.82, 2.24) is 15.0 Å². The fourth-order valence-electron chi connectivity index (χ4n) is 3.81. The topological polar surface area (TPSA) is 170 Å². The monoisotopic (exact) mass is 548 g/mol. The Balaban J connectivity index is 1.97. The highest BCUT2D eigenvalue weighted by atomic mass is 32.2. The molecule has 0 spiro atoms. The number of nitrogens with one attached hydrogen (secondary N) is 3. The highest BCUT2D eigenvalue weighted by Crippen LogP contribution is 2.36. The number of aromatic nitrogens is 1. The summed E-state index contributed by atoms with van der Waals surface area (Å²) in [6, 6.07) is 10.1. The molecule has 14 heteroatoms. The number of carbonyl (C=O) groups excluding carboxylic acids is 2. The first-order valence-corrected chi connectivity index (χ1v) is 14.0. The number of nitrogens with zero attached hydrogens (tertiary/aromatic N) is 1. The summed E-state index contributed by atoms with van der Waals surface area (Å²) in [4.78, 5) is 27.5. The van der Waals surface area contributed by atoms with Crippen LogP contribution < -0.4 is 15.4 Å². The third-order valence-electron chi connectivity index (χ3n) is 5.53.